The molecule has 5 atom stereocenters. The van der Waals surface area contributed by atoms with Crippen molar-refractivity contribution in [2.24, 2.45) is 15.9 Å². The standard InChI is InChI=1S/C26H44N7O9P/c1-15-11-33(24(37)28-21(15)34)20-10-18(29-32-27)19(42-20)12-41-43(38,30-16(2)22(35)39-13-25(4,5)6)31-17(3)23(36)40-14-26(7,8)9/h11,16-20H,10,12-14H2,1-9H3,(H,28,34,37)(H2,30,31,38)/t16-,17-,18+,19-,20-/m1/s1. The van der Waals surface area contributed by atoms with Crippen LogP contribution >= 0.6 is 7.67 Å². The summed E-state index contributed by atoms with van der Waals surface area (Å²) in [6, 6.07) is -3.08. The van der Waals surface area contributed by atoms with E-state index in [1.165, 1.54) is 27.0 Å². The van der Waals surface area contributed by atoms with Crippen LogP contribution in [-0.4, -0.2) is 65.5 Å². The van der Waals surface area contributed by atoms with Crippen LogP contribution in [0.15, 0.2) is 20.9 Å². The largest absolute Gasteiger partial charge is 0.464 e. The number of H-pyrrole nitrogens is 1. The highest BCUT2D eigenvalue weighted by atomic mass is 31.2. The Morgan fingerprint density at radius 3 is 2.09 bits per heavy atom. The summed E-state index contributed by atoms with van der Waals surface area (Å²) in [5.74, 6) is -1.39. The maximum absolute atomic E-state index is 14.0. The molecule has 2 rings (SSSR count). The first-order valence-electron chi connectivity index (χ1n) is 13.9. The highest BCUT2D eigenvalue weighted by Gasteiger charge is 2.40. The van der Waals surface area contributed by atoms with Crippen molar-refractivity contribution in [1.82, 2.24) is 19.7 Å². The molecular formula is C26H44N7O9P. The minimum absolute atomic E-state index is 0.0553. The SMILES string of the molecule is Cc1cn([C@H]2C[C@H](N=[N+]=[N-])[C@@H](COP(=O)(N[C@H](C)C(=O)OCC(C)(C)C)N[C@H](C)C(=O)OCC(C)(C)C)O2)c(=O)[nH]c1=O. The summed E-state index contributed by atoms with van der Waals surface area (Å²) in [7, 11) is -4.21. The zero-order valence-corrected chi connectivity index (χ0v) is 27.1. The number of carbonyl (C=O) groups is 2. The fourth-order valence-electron chi connectivity index (χ4n) is 3.75. The number of ether oxygens (including phenoxy) is 3. The molecule has 0 radical (unpaired) electrons. The number of aromatic nitrogens is 2. The van der Waals surface area contributed by atoms with E-state index >= 15 is 0 Å². The molecule has 16 nitrogen and oxygen atoms in total. The summed E-state index contributed by atoms with van der Waals surface area (Å²) in [4.78, 5) is 54.6. The monoisotopic (exact) mass is 629 g/mol. The Bertz CT molecular complexity index is 1320. The zero-order chi connectivity index (χ0) is 32.8. The number of esters is 2. The third-order valence-corrected chi connectivity index (χ3v) is 7.98. The average Bonchev–Trinajstić information content (AvgIpc) is 3.28. The van der Waals surface area contributed by atoms with Crippen LogP contribution in [0.25, 0.3) is 10.4 Å². The second kappa shape index (κ2) is 14.7. The van der Waals surface area contributed by atoms with Gasteiger partial charge in [-0.2, -0.15) is 0 Å². The van der Waals surface area contributed by atoms with Gasteiger partial charge in [0.2, 0.25) is 0 Å². The van der Waals surface area contributed by atoms with Crippen molar-refractivity contribution in [3.63, 3.8) is 0 Å². The molecule has 0 bridgehead atoms. The number of nitrogens with one attached hydrogen (secondary N) is 3. The van der Waals surface area contributed by atoms with E-state index in [4.69, 9.17) is 24.3 Å². The first-order valence-corrected chi connectivity index (χ1v) is 15.5. The first-order chi connectivity index (χ1) is 19.7. The zero-order valence-electron chi connectivity index (χ0n) is 26.2. The second-order valence-corrected chi connectivity index (χ2v) is 14.9. The third-order valence-electron chi connectivity index (χ3n) is 6.01. The minimum Gasteiger partial charge on any atom is -0.464 e. The number of hydrogen-bond acceptors (Lipinski definition) is 10. The number of aryl methyl sites for hydroxylation is 1. The summed E-state index contributed by atoms with van der Waals surface area (Å²) in [5.41, 5.74) is 7.48. The van der Waals surface area contributed by atoms with Crippen molar-refractivity contribution < 1.29 is 32.9 Å². The lowest BCUT2D eigenvalue weighted by atomic mass is 9.99. The normalized spacial score (nSPS) is 20.6. The van der Waals surface area contributed by atoms with E-state index in [-0.39, 0.29) is 36.0 Å². The molecule has 17 heteroatoms. The number of nitrogens with zero attached hydrogens (tertiary/aromatic N) is 4. The molecule has 2 heterocycles. The molecule has 0 amide bonds. The Balaban J connectivity index is 2.26. The number of carbonyl (C=O) groups excluding carboxylic acids is 2. The Hall–Kier alpha value is -3.00. The summed E-state index contributed by atoms with van der Waals surface area (Å²) in [5, 5.41) is 8.95. The number of rotatable bonds is 13. The van der Waals surface area contributed by atoms with Gasteiger partial charge in [-0.3, -0.25) is 28.5 Å². The van der Waals surface area contributed by atoms with Gasteiger partial charge in [0.15, 0.2) is 0 Å². The molecule has 1 aromatic rings. The Kier molecular flexibility index (Phi) is 12.3. The van der Waals surface area contributed by atoms with Gasteiger partial charge in [0.25, 0.3) is 5.56 Å². The fraction of sp³-hybridized carbons (Fsp3) is 0.769. The predicted octanol–water partition coefficient (Wildman–Crippen LogP) is 3.07. The molecule has 0 aromatic carbocycles. The Labute approximate surface area is 250 Å². The Morgan fingerprint density at radius 2 is 1.63 bits per heavy atom. The maximum Gasteiger partial charge on any atom is 0.342 e. The van der Waals surface area contributed by atoms with Crippen molar-refractivity contribution in [1.29, 1.82) is 0 Å². The first kappa shape index (κ1) is 36.2. The summed E-state index contributed by atoms with van der Waals surface area (Å²) < 4.78 is 37.5. The molecule has 1 fully saturated rings. The van der Waals surface area contributed by atoms with E-state index in [2.05, 4.69) is 25.2 Å². The van der Waals surface area contributed by atoms with Crippen LogP contribution in [0.4, 0.5) is 0 Å². The van der Waals surface area contributed by atoms with E-state index in [0.717, 1.165) is 4.57 Å². The summed E-state index contributed by atoms with van der Waals surface area (Å²) in [6.07, 6.45) is -0.528. The average molecular weight is 630 g/mol. The lowest BCUT2D eigenvalue weighted by Crippen LogP contribution is -2.43. The van der Waals surface area contributed by atoms with Gasteiger partial charge in [-0.05, 0) is 37.1 Å². The van der Waals surface area contributed by atoms with Crippen molar-refractivity contribution in [3.05, 3.63) is 43.0 Å². The molecule has 0 aliphatic carbocycles. The van der Waals surface area contributed by atoms with Crippen molar-refractivity contribution in [3.8, 4) is 0 Å². The predicted molar refractivity (Wildman–Crippen MR) is 157 cm³/mol. The van der Waals surface area contributed by atoms with E-state index in [1.54, 1.807) is 0 Å². The van der Waals surface area contributed by atoms with Gasteiger partial charge >= 0.3 is 25.3 Å². The van der Waals surface area contributed by atoms with E-state index in [1.807, 2.05) is 41.5 Å². The molecule has 1 aliphatic rings. The minimum atomic E-state index is -4.21. The van der Waals surface area contributed by atoms with Gasteiger partial charge in [-0.15, -0.1) is 0 Å². The number of hydrogen-bond donors (Lipinski definition) is 3. The van der Waals surface area contributed by atoms with Crippen molar-refractivity contribution >= 4 is 19.6 Å². The maximum atomic E-state index is 14.0. The lowest BCUT2D eigenvalue weighted by molar-refractivity contribution is -0.148. The lowest BCUT2D eigenvalue weighted by Gasteiger charge is -2.28. The summed E-state index contributed by atoms with van der Waals surface area (Å²) >= 11 is 0. The Morgan fingerprint density at radius 1 is 1.12 bits per heavy atom. The highest BCUT2D eigenvalue weighted by Crippen LogP contribution is 2.41. The van der Waals surface area contributed by atoms with Crippen LogP contribution in [0.3, 0.4) is 0 Å². The van der Waals surface area contributed by atoms with Crippen LogP contribution in [0, 0.1) is 17.8 Å². The molecule has 43 heavy (non-hydrogen) atoms. The molecule has 0 saturated carbocycles. The molecule has 1 saturated heterocycles. The molecular weight excluding hydrogens is 585 g/mol. The highest BCUT2D eigenvalue weighted by molar-refractivity contribution is 7.54. The van der Waals surface area contributed by atoms with E-state index in [0.29, 0.717) is 0 Å². The van der Waals surface area contributed by atoms with Gasteiger partial charge < -0.3 is 18.7 Å². The van der Waals surface area contributed by atoms with Crippen LogP contribution in [0.2, 0.25) is 0 Å². The van der Waals surface area contributed by atoms with Crippen LogP contribution in [-0.2, 0) is 32.9 Å². The van der Waals surface area contributed by atoms with E-state index < -0.39 is 67.9 Å². The summed E-state index contributed by atoms with van der Waals surface area (Å²) in [6.45, 7) is 15.5. The van der Waals surface area contributed by atoms with Crippen LogP contribution < -0.4 is 21.4 Å². The van der Waals surface area contributed by atoms with E-state index in [9.17, 15) is 23.7 Å². The van der Waals surface area contributed by atoms with Crippen LogP contribution in [0.5, 0.6) is 0 Å². The van der Waals surface area contributed by atoms with Crippen LogP contribution in [0.1, 0.15) is 73.6 Å². The van der Waals surface area contributed by atoms with Gasteiger partial charge in [0, 0.05) is 23.1 Å². The molecule has 1 aliphatic heterocycles. The third kappa shape index (κ3) is 11.5. The molecule has 3 N–H and O–H groups in total. The van der Waals surface area contributed by atoms with Gasteiger partial charge in [-0.1, -0.05) is 46.7 Å². The molecule has 1 aromatic heterocycles. The molecule has 0 unspecified atom stereocenters. The van der Waals surface area contributed by atoms with Crippen molar-refractivity contribution in [2.75, 3.05) is 19.8 Å². The molecule has 242 valence electrons. The smallest absolute Gasteiger partial charge is 0.342 e. The topological polar surface area (TPSA) is 216 Å². The second-order valence-electron chi connectivity index (χ2n) is 13.0. The van der Waals surface area contributed by atoms with Gasteiger partial charge in [0.1, 0.15) is 18.3 Å². The number of aromatic amines is 1. The molecule has 0 spiro atoms. The fourth-order valence-corrected chi connectivity index (χ4v) is 5.57. The van der Waals surface area contributed by atoms with Crippen molar-refractivity contribution in [2.45, 2.75) is 99.2 Å². The number of azide groups is 1. The van der Waals surface area contributed by atoms with Gasteiger partial charge in [0.05, 0.1) is 32.0 Å². The van der Waals surface area contributed by atoms with Gasteiger partial charge in [-0.25, -0.2) is 15.0 Å². The quantitative estimate of drug-likeness (QED) is 0.0947.